The standard InChI is InChI=1S/C7H15NO3.ClH/c1-6(2,10)7(3,8)5(9)11-4;/h10H,8H2,1-4H3;1H. The molecule has 5 heteroatoms. The Morgan fingerprint density at radius 2 is 1.75 bits per heavy atom. The van der Waals surface area contributed by atoms with Gasteiger partial charge in [0.05, 0.1) is 12.7 Å². The fourth-order valence-electron chi connectivity index (χ4n) is 0.462. The molecule has 0 saturated carbocycles. The number of esters is 1. The van der Waals surface area contributed by atoms with Crippen molar-refractivity contribution in [2.75, 3.05) is 7.11 Å². The molecule has 0 aliphatic heterocycles. The predicted octanol–water partition coefficient (Wildman–Crippen LogP) is 0.0695. The molecule has 4 nitrogen and oxygen atoms in total. The minimum absolute atomic E-state index is 0. The number of carbonyl (C=O) groups excluding carboxylic acids is 1. The Hall–Kier alpha value is -0.320. The lowest BCUT2D eigenvalue weighted by Gasteiger charge is -2.33. The van der Waals surface area contributed by atoms with Gasteiger partial charge < -0.3 is 15.6 Å². The minimum atomic E-state index is -1.36. The van der Waals surface area contributed by atoms with Gasteiger partial charge in [0.25, 0.3) is 0 Å². The SMILES string of the molecule is COC(=O)C(C)(N)C(C)(C)O.Cl. The van der Waals surface area contributed by atoms with Crippen molar-refractivity contribution >= 4 is 18.4 Å². The summed E-state index contributed by atoms with van der Waals surface area (Å²) in [5, 5.41) is 9.42. The Morgan fingerprint density at radius 1 is 1.42 bits per heavy atom. The van der Waals surface area contributed by atoms with Crippen molar-refractivity contribution in [2.24, 2.45) is 5.73 Å². The summed E-state index contributed by atoms with van der Waals surface area (Å²) in [6.07, 6.45) is 0. The summed E-state index contributed by atoms with van der Waals surface area (Å²) in [5.41, 5.74) is 2.89. The second-order valence-corrected chi connectivity index (χ2v) is 3.25. The van der Waals surface area contributed by atoms with Crippen molar-refractivity contribution in [3.05, 3.63) is 0 Å². The van der Waals surface area contributed by atoms with E-state index in [0.29, 0.717) is 0 Å². The lowest BCUT2D eigenvalue weighted by atomic mass is 9.85. The number of halogens is 1. The maximum Gasteiger partial charge on any atom is 0.328 e. The monoisotopic (exact) mass is 197 g/mol. The number of methoxy groups -OCH3 is 1. The van der Waals surface area contributed by atoms with Gasteiger partial charge in [0.1, 0.15) is 5.54 Å². The third-order valence-electron chi connectivity index (χ3n) is 1.88. The van der Waals surface area contributed by atoms with E-state index in [2.05, 4.69) is 4.74 Å². The van der Waals surface area contributed by atoms with Gasteiger partial charge in [0.2, 0.25) is 0 Å². The summed E-state index contributed by atoms with van der Waals surface area (Å²) in [6.45, 7) is 4.35. The molecule has 0 fully saturated rings. The second kappa shape index (κ2) is 4.07. The van der Waals surface area contributed by atoms with E-state index in [-0.39, 0.29) is 12.4 Å². The number of nitrogens with two attached hydrogens (primary N) is 1. The zero-order valence-electron chi connectivity index (χ0n) is 7.75. The van der Waals surface area contributed by atoms with Crippen LogP contribution in [0.3, 0.4) is 0 Å². The first-order chi connectivity index (χ1) is 4.73. The maximum absolute atomic E-state index is 11.0. The van der Waals surface area contributed by atoms with Crippen LogP contribution in [-0.4, -0.2) is 29.3 Å². The highest BCUT2D eigenvalue weighted by atomic mass is 35.5. The molecule has 74 valence electrons. The van der Waals surface area contributed by atoms with Gasteiger partial charge >= 0.3 is 5.97 Å². The fourth-order valence-corrected chi connectivity index (χ4v) is 0.462. The van der Waals surface area contributed by atoms with Crippen LogP contribution in [0.25, 0.3) is 0 Å². The van der Waals surface area contributed by atoms with Gasteiger partial charge in [-0.25, -0.2) is 4.79 Å². The molecule has 0 rings (SSSR count). The highest BCUT2D eigenvalue weighted by Gasteiger charge is 2.43. The van der Waals surface area contributed by atoms with Crippen LogP contribution in [0.5, 0.6) is 0 Å². The highest BCUT2D eigenvalue weighted by molar-refractivity contribution is 5.85. The normalized spacial score (nSPS) is 15.8. The molecule has 0 spiro atoms. The van der Waals surface area contributed by atoms with Crippen LogP contribution in [0.15, 0.2) is 0 Å². The maximum atomic E-state index is 11.0. The van der Waals surface area contributed by atoms with Crippen LogP contribution in [0, 0.1) is 0 Å². The molecule has 0 amide bonds. The first-order valence-corrected chi connectivity index (χ1v) is 3.33. The van der Waals surface area contributed by atoms with Crippen molar-refractivity contribution < 1.29 is 14.6 Å². The van der Waals surface area contributed by atoms with E-state index in [1.54, 1.807) is 0 Å². The summed E-state index contributed by atoms with van der Waals surface area (Å²) >= 11 is 0. The van der Waals surface area contributed by atoms with Crippen LogP contribution in [-0.2, 0) is 9.53 Å². The quantitative estimate of drug-likeness (QED) is 0.615. The molecule has 12 heavy (non-hydrogen) atoms. The molecular weight excluding hydrogens is 182 g/mol. The Labute approximate surface area is 78.5 Å². The summed E-state index contributed by atoms with van der Waals surface area (Å²) in [7, 11) is 1.24. The van der Waals surface area contributed by atoms with Gasteiger partial charge in [0, 0.05) is 0 Å². The molecule has 0 aliphatic rings. The molecule has 3 N–H and O–H groups in total. The van der Waals surface area contributed by atoms with Gasteiger partial charge in [-0.2, -0.15) is 0 Å². The zero-order valence-corrected chi connectivity index (χ0v) is 8.57. The lowest BCUT2D eigenvalue weighted by molar-refractivity contribution is -0.155. The summed E-state index contributed by atoms with van der Waals surface area (Å²) in [4.78, 5) is 11.0. The van der Waals surface area contributed by atoms with Gasteiger partial charge in [-0.15, -0.1) is 12.4 Å². The van der Waals surface area contributed by atoms with Gasteiger partial charge in [-0.3, -0.25) is 0 Å². The van der Waals surface area contributed by atoms with E-state index >= 15 is 0 Å². The number of aliphatic hydroxyl groups is 1. The van der Waals surface area contributed by atoms with Crippen LogP contribution in [0.1, 0.15) is 20.8 Å². The minimum Gasteiger partial charge on any atom is -0.468 e. The summed E-state index contributed by atoms with van der Waals surface area (Å²) < 4.78 is 4.42. The molecule has 0 bridgehead atoms. The first-order valence-electron chi connectivity index (χ1n) is 3.33. The van der Waals surface area contributed by atoms with Crippen molar-refractivity contribution in [3.8, 4) is 0 Å². The number of hydrogen-bond acceptors (Lipinski definition) is 4. The fraction of sp³-hybridized carbons (Fsp3) is 0.857. The highest BCUT2D eigenvalue weighted by Crippen LogP contribution is 2.19. The average Bonchev–Trinajstić information content (AvgIpc) is 1.83. The van der Waals surface area contributed by atoms with E-state index in [1.807, 2.05) is 0 Å². The van der Waals surface area contributed by atoms with Crippen molar-refractivity contribution in [3.63, 3.8) is 0 Å². The summed E-state index contributed by atoms with van der Waals surface area (Å²) in [5.74, 6) is -0.620. The molecule has 0 saturated heterocycles. The Bertz CT molecular complexity index is 163. The van der Waals surface area contributed by atoms with E-state index < -0.39 is 17.1 Å². The van der Waals surface area contributed by atoms with Crippen molar-refractivity contribution in [1.82, 2.24) is 0 Å². The third-order valence-corrected chi connectivity index (χ3v) is 1.88. The molecule has 0 aromatic carbocycles. The van der Waals surface area contributed by atoms with Crippen molar-refractivity contribution in [1.29, 1.82) is 0 Å². The van der Waals surface area contributed by atoms with Gasteiger partial charge in [-0.1, -0.05) is 0 Å². The predicted molar refractivity (Wildman–Crippen MR) is 48.2 cm³/mol. The van der Waals surface area contributed by atoms with Gasteiger partial charge in [-0.05, 0) is 20.8 Å². The second-order valence-electron chi connectivity index (χ2n) is 3.25. The molecule has 0 aromatic rings. The smallest absolute Gasteiger partial charge is 0.328 e. The molecular formula is C7H16ClNO3. The Morgan fingerprint density at radius 3 is 1.83 bits per heavy atom. The number of carbonyl (C=O) groups is 1. The van der Waals surface area contributed by atoms with Crippen LogP contribution in [0.2, 0.25) is 0 Å². The average molecular weight is 198 g/mol. The molecule has 0 radical (unpaired) electrons. The van der Waals surface area contributed by atoms with E-state index in [1.165, 1.54) is 27.9 Å². The Kier molecular flexibility index (Phi) is 4.82. The van der Waals surface area contributed by atoms with Crippen LogP contribution < -0.4 is 5.73 Å². The van der Waals surface area contributed by atoms with E-state index in [0.717, 1.165) is 0 Å². The van der Waals surface area contributed by atoms with E-state index in [9.17, 15) is 9.90 Å². The molecule has 0 aliphatic carbocycles. The topological polar surface area (TPSA) is 72.5 Å². The van der Waals surface area contributed by atoms with E-state index in [4.69, 9.17) is 5.73 Å². The number of hydrogen-bond donors (Lipinski definition) is 2. The van der Waals surface area contributed by atoms with Gasteiger partial charge in [0.15, 0.2) is 0 Å². The third kappa shape index (κ3) is 2.62. The summed E-state index contributed by atoms with van der Waals surface area (Å²) in [6, 6.07) is 0. The molecule has 1 unspecified atom stereocenters. The molecule has 0 heterocycles. The van der Waals surface area contributed by atoms with Crippen molar-refractivity contribution in [2.45, 2.75) is 31.9 Å². The first kappa shape index (κ1) is 14.2. The van der Waals surface area contributed by atoms with Crippen LogP contribution in [0.4, 0.5) is 0 Å². The molecule has 1 atom stereocenters. The van der Waals surface area contributed by atoms with Crippen LogP contribution >= 0.6 is 12.4 Å². The zero-order chi connectivity index (χ0) is 9.28. The molecule has 0 aromatic heterocycles. The number of rotatable bonds is 2. The number of ether oxygens (including phenoxy) is 1. The largest absolute Gasteiger partial charge is 0.468 e. The Balaban J connectivity index is 0. The lowest BCUT2D eigenvalue weighted by Crippen LogP contribution is -2.61.